The Morgan fingerprint density at radius 3 is 2.73 bits per heavy atom. The van der Waals surface area contributed by atoms with Gasteiger partial charge < -0.3 is 14.6 Å². The number of hydrogen-bond acceptors (Lipinski definition) is 3. The van der Waals surface area contributed by atoms with Gasteiger partial charge in [-0.05, 0) is 64.2 Å². The number of piperidine rings is 1. The predicted molar refractivity (Wildman–Crippen MR) is 101 cm³/mol. The number of carbonyl (C=O) groups excluding carboxylic acids is 2. The molecule has 0 unspecified atom stereocenters. The second-order valence-electron chi connectivity index (χ2n) is 8.38. The summed E-state index contributed by atoms with van der Waals surface area (Å²) in [5.74, 6) is 0.491. The summed E-state index contributed by atoms with van der Waals surface area (Å²) >= 11 is 0. The SMILES string of the molecule is CC(=O)CCCC(=O)N1CC[C@H]2[C@@H](C1)CC(C)(C)N2c1cccc(F)c1. The molecule has 3 rings (SSSR count). The number of rotatable bonds is 5. The van der Waals surface area contributed by atoms with Crippen molar-refractivity contribution in [2.75, 3.05) is 18.0 Å². The van der Waals surface area contributed by atoms with Crippen LogP contribution in [-0.4, -0.2) is 41.3 Å². The summed E-state index contributed by atoms with van der Waals surface area (Å²) in [6.07, 6.45) is 3.47. The second-order valence-corrected chi connectivity index (χ2v) is 8.38. The van der Waals surface area contributed by atoms with Gasteiger partial charge in [0.15, 0.2) is 0 Å². The molecule has 2 atom stereocenters. The molecule has 2 saturated heterocycles. The molecule has 0 aliphatic carbocycles. The van der Waals surface area contributed by atoms with Gasteiger partial charge in [-0.2, -0.15) is 0 Å². The van der Waals surface area contributed by atoms with Crippen molar-refractivity contribution in [2.24, 2.45) is 5.92 Å². The quantitative estimate of drug-likeness (QED) is 0.802. The average Bonchev–Trinajstić information content (AvgIpc) is 2.83. The normalized spacial score (nSPS) is 24.5. The number of anilines is 1. The zero-order valence-electron chi connectivity index (χ0n) is 16.0. The van der Waals surface area contributed by atoms with Crippen LogP contribution in [0.2, 0.25) is 0 Å². The standard InChI is InChI=1S/C21H29FN2O2/c1-15(25)6-4-9-20(26)23-11-10-19-16(14-23)13-21(2,3)24(19)18-8-5-7-17(22)12-18/h5,7-8,12,16,19H,4,6,9-11,13-14H2,1-3H3/t16-,19+/m1/s1. The first-order valence-electron chi connectivity index (χ1n) is 9.60. The number of carbonyl (C=O) groups is 2. The van der Waals surface area contributed by atoms with Crippen LogP contribution in [0, 0.1) is 11.7 Å². The molecule has 2 fully saturated rings. The summed E-state index contributed by atoms with van der Waals surface area (Å²) in [5.41, 5.74) is 0.875. The van der Waals surface area contributed by atoms with Gasteiger partial charge in [0, 0.05) is 43.2 Å². The Kier molecular flexibility index (Phi) is 5.35. The highest BCUT2D eigenvalue weighted by Crippen LogP contribution is 2.44. The van der Waals surface area contributed by atoms with Crippen LogP contribution in [-0.2, 0) is 9.59 Å². The van der Waals surface area contributed by atoms with Crippen LogP contribution >= 0.6 is 0 Å². The number of hydrogen-bond donors (Lipinski definition) is 0. The topological polar surface area (TPSA) is 40.6 Å². The molecule has 4 nitrogen and oxygen atoms in total. The number of likely N-dealkylation sites (tertiary alicyclic amines) is 1. The van der Waals surface area contributed by atoms with Gasteiger partial charge in [-0.3, -0.25) is 4.79 Å². The molecule has 0 aromatic heterocycles. The van der Waals surface area contributed by atoms with Crippen LogP contribution in [0.1, 0.15) is 52.9 Å². The molecule has 2 heterocycles. The molecule has 142 valence electrons. The monoisotopic (exact) mass is 360 g/mol. The number of halogens is 1. The molecule has 0 saturated carbocycles. The number of nitrogens with zero attached hydrogens (tertiary/aromatic N) is 2. The van der Waals surface area contributed by atoms with E-state index in [0.717, 1.165) is 31.6 Å². The van der Waals surface area contributed by atoms with Crippen LogP contribution in [0.5, 0.6) is 0 Å². The van der Waals surface area contributed by atoms with Crippen molar-refractivity contribution in [3.05, 3.63) is 30.1 Å². The first-order valence-corrected chi connectivity index (χ1v) is 9.60. The van der Waals surface area contributed by atoms with E-state index in [0.29, 0.717) is 31.2 Å². The van der Waals surface area contributed by atoms with Gasteiger partial charge in [0.25, 0.3) is 0 Å². The Morgan fingerprint density at radius 2 is 2.04 bits per heavy atom. The van der Waals surface area contributed by atoms with Crippen molar-refractivity contribution in [1.29, 1.82) is 0 Å². The summed E-state index contributed by atoms with van der Waals surface area (Å²) in [7, 11) is 0. The minimum absolute atomic E-state index is 0.0587. The Hall–Kier alpha value is -1.91. The van der Waals surface area contributed by atoms with Gasteiger partial charge in [0.2, 0.25) is 5.91 Å². The molecule has 0 N–H and O–H groups in total. The highest BCUT2D eigenvalue weighted by atomic mass is 19.1. The highest BCUT2D eigenvalue weighted by molar-refractivity contribution is 5.79. The number of benzene rings is 1. The fraction of sp³-hybridized carbons (Fsp3) is 0.619. The minimum atomic E-state index is -0.208. The average molecular weight is 360 g/mol. The summed E-state index contributed by atoms with van der Waals surface area (Å²) < 4.78 is 13.7. The highest BCUT2D eigenvalue weighted by Gasteiger charge is 2.48. The van der Waals surface area contributed by atoms with Gasteiger partial charge in [-0.25, -0.2) is 4.39 Å². The number of amides is 1. The van der Waals surface area contributed by atoms with E-state index in [-0.39, 0.29) is 23.0 Å². The molecule has 1 amide bonds. The molecule has 1 aromatic rings. The van der Waals surface area contributed by atoms with Crippen LogP contribution in [0.4, 0.5) is 10.1 Å². The van der Waals surface area contributed by atoms with Crippen LogP contribution < -0.4 is 4.90 Å². The molecular weight excluding hydrogens is 331 g/mol. The number of fused-ring (bicyclic) bond motifs is 1. The Labute approximate surface area is 155 Å². The maximum atomic E-state index is 13.7. The van der Waals surface area contributed by atoms with Crippen LogP contribution in [0.25, 0.3) is 0 Å². The van der Waals surface area contributed by atoms with Crippen molar-refractivity contribution >= 4 is 17.4 Å². The van der Waals surface area contributed by atoms with E-state index in [1.165, 1.54) is 6.07 Å². The van der Waals surface area contributed by atoms with E-state index < -0.39 is 0 Å². The Balaban J connectivity index is 1.68. The maximum absolute atomic E-state index is 13.7. The summed E-state index contributed by atoms with van der Waals surface area (Å²) in [5, 5.41) is 0. The third kappa shape index (κ3) is 3.92. The molecule has 1 aromatic carbocycles. The lowest BCUT2D eigenvalue weighted by Gasteiger charge is -2.42. The lowest BCUT2D eigenvalue weighted by Crippen LogP contribution is -2.50. The summed E-state index contributed by atoms with van der Waals surface area (Å²) in [4.78, 5) is 27.9. The van der Waals surface area contributed by atoms with E-state index in [1.54, 1.807) is 19.1 Å². The van der Waals surface area contributed by atoms with E-state index in [9.17, 15) is 14.0 Å². The zero-order valence-corrected chi connectivity index (χ0v) is 16.0. The lowest BCUT2D eigenvalue weighted by molar-refractivity contribution is -0.133. The third-order valence-electron chi connectivity index (χ3n) is 5.80. The van der Waals surface area contributed by atoms with Crippen molar-refractivity contribution in [1.82, 2.24) is 4.90 Å². The molecule has 2 aliphatic heterocycles. The second kappa shape index (κ2) is 7.37. The first kappa shape index (κ1) is 18.9. The molecular formula is C21H29FN2O2. The Morgan fingerprint density at radius 1 is 1.27 bits per heavy atom. The van der Waals surface area contributed by atoms with Gasteiger partial charge in [0.05, 0.1) is 0 Å². The number of Topliss-reactive ketones (excluding diaryl/α,β-unsaturated/α-hetero) is 1. The summed E-state index contributed by atoms with van der Waals surface area (Å²) in [6.45, 7) is 7.48. The largest absolute Gasteiger partial charge is 0.363 e. The van der Waals surface area contributed by atoms with Gasteiger partial charge in [0.1, 0.15) is 11.6 Å². The molecule has 0 spiro atoms. The molecule has 0 radical (unpaired) electrons. The fourth-order valence-electron chi connectivity index (χ4n) is 4.79. The molecule has 5 heteroatoms. The fourth-order valence-corrected chi connectivity index (χ4v) is 4.79. The zero-order chi connectivity index (χ0) is 18.9. The molecule has 0 bridgehead atoms. The first-order chi connectivity index (χ1) is 12.3. The Bertz CT molecular complexity index is 688. The number of ketones is 1. The van der Waals surface area contributed by atoms with Gasteiger partial charge >= 0.3 is 0 Å². The smallest absolute Gasteiger partial charge is 0.222 e. The van der Waals surface area contributed by atoms with Gasteiger partial charge in [-0.15, -0.1) is 0 Å². The maximum Gasteiger partial charge on any atom is 0.222 e. The van der Waals surface area contributed by atoms with E-state index in [4.69, 9.17) is 0 Å². The molecule has 26 heavy (non-hydrogen) atoms. The van der Waals surface area contributed by atoms with Crippen molar-refractivity contribution in [3.63, 3.8) is 0 Å². The lowest BCUT2D eigenvalue weighted by atomic mass is 9.89. The van der Waals surface area contributed by atoms with E-state index in [1.807, 2.05) is 11.0 Å². The van der Waals surface area contributed by atoms with Crippen molar-refractivity contribution in [2.45, 2.75) is 64.5 Å². The summed E-state index contributed by atoms with van der Waals surface area (Å²) in [6, 6.07) is 7.18. The van der Waals surface area contributed by atoms with Crippen molar-refractivity contribution < 1.29 is 14.0 Å². The van der Waals surface area contributed by atoms with Crippen LogP contribution in [0.3, 0.4) is 0 Å². The van der Waals surface area contributed by atoms with E-state index >= 15 is 0 Å². The minimum Gasteiger partial charge on any atom is -0.363 e. The third-order valence-corrected chi connectivity index (χ3v) is 5.80. The van der Waals surface area contributed by atoms with E-state index in [2.05, 4.69) is 18.7 Å². The predicted octanol–water partition coefficient (Wildman–Crippen LogP) is 3.79. The van der Waals surface area contributed by atoms with Crippen LogP contribution in [0.15, 0.2) is 24.3 Å². The van der Waals surface area contributed by atoms with Gasteiger partial charge in [-0.1, -0.05) is 6.07 Å². The van der Waals surface area contributed by atoms with Crippen molar-refractivity contribution in [3.8, 4) is 0 Å². The molecule has 2 aliphatic rings.